The summed E-state index contributed by atoms with van der Waals surface area (Å²) in [6, 6.07) is 12.5. The number of carbonyl (C=O) groups excluding carboxylic acids is 1. The first-order valence-corrected chi connectivity index (χ1v) is 6.91. The summed E-state index contributed by atoms with van der Waals surface area (Å²) >= 11 is 6.03. The molecule has 1 heterocycles. The zero-order valence-corrected chi connectivity index (χ0v) is 15.0. The fourth-order valence-electron chi connectivity index (χ4n) is 2.27. The minimum Gasteiger partial charge on any atom is -1.00 e. The average molecular weight is 339 g/mol. The number of hydrogen-bond donors (Lipinski definition) is 2. The third-order valence-electron chi connectivity index (χ3n) is 3.28. The number of nitrogens with one attached hydrogen (secondary N) is 1. The molecule has 0 aliphatic carbocycles. The average Bonchev–Trinajstić information content (AvgIpc) is 2.64. The first-order chi connectivity index (χ1) is 10.6. The molecule has 1 atom stereocenters. The molecule has 0 unspecified atom stereocenters. The predicted octanol–water partition coefficient (Wildman–Crippen LogP) is -0.301. The smallest absolute Gasteiger partial charge is 1.00 e. The molecule has 2 aromatic carbocycles. The number of carboxylic acid groups (broad SMARTS) is 1. The van der Waals surface area contributed by atoms with Gasteiger partial charge < -0.3 is 11.8 Å². The number of aliphatic carboxylic acids is 1. The number of hydrogen-bond acceptors (Lipinski definition) is 3. The molecular formula is C16H12ClN2NaO3. The van der Waals surface area contributed by atoms with Crippen LogP contribution in [0.2, 0.25) is 5.02 Å². The summed E-state index contributed by atoms with van der Waals surface area (Å²) in [5, 5.41) is 12.3. The normalized spacial score (nSPS) is 16.3. The van der Waals surface area contributed by atoms with Crippen molar-refractivity contribution in [3.8, 4) is 0 Å². The van der Waals surface area contributed by atoms with E-state index in [2.05, 4.69) is 10.3 Å². The Hall–Kier alpha value is -1.66. The molecule has 0 fully saturated rings. The van der Waals surface area contributed by atoms with Crippen LogP contribution in [-0.2, 0) is 9.59 Å². The van der Waals surface area contributed by atoms with E-state index in [0.717, 1.165) is 0 Å². The van der Waals surface area contributed by atoms with Crippen LogP contribution in [0.3, 0.4) is 0 Å². The van der Waals surface area contributed by atoms with Gasteiger partial charge in [-0.25, -0.2) is 4.79 Å². The Morgan fingerprint density at radius 3 is 2.57 bits per heavy atom. The molecule has 0 radical (unpaired) electrons. The molecule has 2 aromatic rings. The summed E-state index contributed by atoms with van der Waals surface area (Å²) in [4.78, 5) is 27.5. The SMILES string of the molecule is O=C(O)[C@@H]1N=C(c2ccccc2)c2cc(Cl)ccc2NC1=O.[H-].[Na+]. The number of amides is 1. The van der Waals surface area contributed by atoms with Crippen LogP contribution in [0, 0.1) is 0 Å². The number of carbonyl (C=O) groups is 2. The molecule has 0 bridgehead atoms. The molecule has 0 saturated heterocycles. The summed E-state index contributed by atoms with van der Waals surface area (Å²) in [7, 11) is 0. The Morgan fingerprint density at radius 2 is 1.91 bits per heavy atom. The van der Waals surface area contributed by atoms with Crippen molar-refractivity contribution < 1.29 is 45.7 Å². The standard InChI is InChI=1S/C16H11ClN2O3.Na.H/c17-10-6-7-12-11(8-10)13(9-4-2-1-3-5-9)19-14(16(21)22)15(20)18-12;;/h1-8,14H,(H,18,20)(H,21,22);;/q;+1;-1/t14-;;/m1../s1. The van der Waals surface area contributed by atoms with Gasteiger partial charge in [0.2, 0.25) is 6.04 Å². The number of benzene rings is 2. The van der Waals surface area contributed by atoms with Gasteiger partial charge >= 0.3 is 35.5 Å². The maximum Gasteiger partial charge on any atom is 1.00 e. The Morgan fingerprint density at radius 1 is 1.22 bits per heavy atom. The number of anilines is 1. The quantitative estimate of drug-likeness (QED) is 0.583. The monoisotopic (exact) mass is 338 g/mol. The van der Waals surface area contributed by atoms with Crippen LogP contribution in [-0.4, -0.2) is 28.7 Å². The van der Waals surface area contributed by atoms with E-state index in [1.165, 1.54) is 0 Å². The minimum atomic E-state index is -1.50. The number of carboxylic acids is 1. The second kappa shape index (κ2) is 7.27. The summed E-state index contributed by atoms with van der Waals surface area (Å²) < 4.78 is 0. The van der Waals surface area contributed by atoms with E-state index in [9.17, 15) is 14.7 Å². The van der Waals surface area contributed by atoms with Gasteiger partial charge in [0, 0.05) is 16.1 Å². The van der Waals surface area contributed by atoms with Crippen molar-refractivity contribution in [1.29, 1.82) is 0 Å². The van der Waals surface area contributed by atoms with Crippen LogP contribution in [0.25, 0.3) is 0 Å². The number of rotatable bonds is 2. The molecule has 23 heavy (non-hydrogen) atoms. The van der Waals surface area contributed by atoms with Gasteiger partial charge in [-0.05, 0) is 18.2 Å². The third-order valence-corrected chi connectivity index (χ3v) is 3.52. The van der Waals surface area contributed by atoms with Crippen molar-refractivity contribution in [1.82, 2.24) is 0 Å². The van der Waals surface area contributed by atoms with E-state index in [1.54, 1.807) is 30.3 Å². The van der Waals surface area contributed by atoms with Gasteiger partial charge in [-0.1, -0.05) is 41.9 Å². The van der Waals surface area contributed by atoms with Crippen LogP contribution < -0.4 is 34.9 Å². The zero-order chi connectivity index (χ0) is 15.7. The molecule has 1 aliphatic rings. The molecule has 7 heteroatoms. The fourth-order valence-corrected chi connectivity index (χ4v) is 2.45. The number of nitrogens with zero attached hydrogens (tertiary/aromatic N) is 1. The summed E-state index contributed by atoms with van der Waals surface area (Å²) in [5.41, 5.74) is 2.22. The van der Waals surface area contributed by atoms with Gasteiger partial charge in [0.15, 0.2) is 0 Å². The maximum atomic E-state index is 12.0. The van der Waals surface area contributed by atoms with Crippen LogP contribution in [0.5, 0.6) is 0 Å². The first-order valence-electron chi connectivity index (χ1n) is 6.53. The van der Waals surface area contributed by atoms with Gasteiger partial charge in [0.1, 0.15) is 0 Å². The molecular weight excluding hydrogens is 327 g/mol. The minimum absolute atomic E-state index is 0. The molecule has 5 nitrogen and oxygen atoms in total. The van der Waals surface area contributed by atoms with Gasteiger partial charge in [-0.15, -0.1) is 0 Å². The van der Waals surface area contributed by atoms with Crippen molar-refractivity contribution in [2.75, 3.05) is 5.32 Å². The molecule has 0 spiro atoms. The Kier molecular flexibility index (Phi) is 5.59. The van der Waals surface area contributed by atoms with Crippen molar-refractivity contribution in [2.24, 2.45) is 4.99 Å². The molecule has 1 amide bonds. The molecule has 0 aromatic heterocycles. The van der Waals surface area contributed by atoms with Crippen molar-refractivity contribution >= 4 is 34.9 Å². The Balaban J connectivity index is 0.00000144. The second-order valence-corrected chi connectivity index (χ2v) is 5.20. The van der Waals surface area contributed by atoms with E-state index < -0.39 is 17.9 Å². The molecule has 3 rings (SSSR count). The van der Waals surface area contributed by atoms with Crippen LogP contribution in [0.4, 0.5) is 5.69 Å². The largest absolute Gasteiger partial charge is 1.00 e. The van der Waals surface area contributed by atoms with E-state index in [1.807, 2.05) is 18.2 Å². The van der Waals surface area contributed by atoms with Crippen molar-refractivity contribution in [3.63, 3.8) is 0 Å². The number of aliphatic imine (C=N–C) groups is 1. The molecule has 112 valence electrons. The van der Waals surface area contributed by atoms with Crippen LogP contribution in [0.15, 0.2) is 53.5 Å². The molecule has 0 saturated carbocycles. The Bertz CT molecular complexity index is 799. The van der Waals surface area contributed by atoms with E-state index in [4.69, 9.17) is 11.6 Å². The maximum absolute atomic E-state index is 12.0. The number of benzodiazepines with no additional fused rings is 1. The zero-order valence-electron chi connectivity index (χ0n) is 13.3. The van der Waals surface area contributed by atoms with Gasteiger partial charge in [0.25, 0.3) is 5.91 Å². The van der Waals surface area contributed by atoms with Gasteiger partial charge in [0.05, 0.1) is 11.4 Å². The van der Waals surface area contributed by atoms with Crippen molar-refractivity contribution in [2.45, 2.75) is 6.04 Å². The van der Waals surface area contributed by atoms with Crippen LogP contribution in [0.1, 0.15) is 12.6 Å². The van der Waals surface area contributed by atoms with E-state index >= 15 is 0 Å². The van der Waals surface area contributed by atoms with E-state index in [0.29, 0.717) is 27.5 Å². The van der Waals surface area contributed by atoms with E-state index in [-0.39, 0.29) is 31.0 Å². The fraction of sp³-hybridized carbons (Fsp3) is 0.0625. The second-order valence-electron chi connectivity index (χ2n) is 4.76. The summed E-state index contributed by atoms with van der Waals surface area (Å²) in [6.45, 7) is 0. The predicted molar refractivity (Wildman–Crippen MR) is 84.7 cm³/mol. The molecule has 1 aliphatic heterocycles. The van der Waals surface area contributed by atoms with Crippen molar-refractivity contribution in [3.05, 3.63) is 64.7 Å². The summed E-state index contributed by atoms with van der Waals surface area (Å²) in [5.74, 6) is -1.98. The molecule has 2 N–H and O–H groups in total. The van der Waals surface area contributed by atoms with Crippen LogP contribution >= 0.6 is 11.6 Å². The van der Waals surface area contributed by atoms with Gasteiger partial charge in [-0.3, -0.25) is 9.79 Å². The summed E-state index contributed by atoms with van der Waals surface area (Å²) in [6.07, 6.45) is 0. The first kappa shape index (κ1) is 17.7. The number of halogens is 1. The topological polar surface area (TPSA) is 78.8 Å². The van der Waals surface area contributed by atoms with Gasteiger partial charge in [-0.2, -0.15) is 0 Å². The third kappa shape index (κ3) is 3.64. The number of fused-ring (bicyclic) bond motifs is 1. The Labute approximate surface area is 161 Å².